The minimum atomic E-state index is 0.0224. The van der Waals surface area contributed by atoms with E-state index in [-0.39, 0.29) is 17.3 Å². The number of hydrogen-bond donors (Lipinski definition) is 0. The Bertz CT molecular complexity index is 654. The number of oxime groups is 1. The molecule has 3 unspecified atom stereocenters. The summed E-state index contributed by atoms with van der Waals surface area (Å²) in [4.78, 5) is 17.4. The Balaban J connectivity index is 1.62. The molecule has 0 aromatic carbocycles. The number of allylic oxidation sites excluding steroid dienone is 2. The molecule has 0 saturated heterocycles. The van der Waals surface area contributed by atoms with E-state index >= 15 is 0 Å². The van der Waals surface area contributed by atoms with Crippen molar-refractivity contribution < 1.29 is 14.4 Å². The van der Waals surface area contributed by atoms with E-state index in [9.17, 15) is 4.79 Å². The van der Waals surface area contributed by atoms with Crippen LogP contribution in [0.25, 0.3) is 0 Å². The van der Waals surface area contributed by atoms with E-state index < -0.39 is 0 Å². The van der Waals surface area contributed by atoms with E-state index in [1.165, 1.54) is 38.5 Å². The summed E-state index contributed by atoms with van der Waals surface area (Å²) in [5.74, 6) is 2.31. The van der Waals surface area contributed by atoms with Gasteiger partial charge in [0.25, 0.3) is 0 Å². The molecule has 4 rings (SSSR count). The SMILES string of the molecule is CON=C1C=C2CCC3C(CC[C@@]4(C)C3CC[C@@H]4C(=O)OC)[C@@]2(C)CC1. The number of nitrogens with zero attached hydrogens (tertiary/aromatic N) is 1. The van der Waals surface area contributed by atoms with Crippen molar-refractivity contribution in [1.82, 2.24) is 0 Å². The summed E-state index contributed by atoms with van der Waals surface area (Å²) in [7, 11) is 3.18. The number of carbonyl (C=O) groups excluding carboxylic acids is 1. The number of rotatable bonds is 2. The molecule has 6 atom stereocenters. The lowest BCUT2D eigenvalue weighted by Gasteiger charge is -2.58. The highest BCUT2D eigenvalue weighted by molar-refractivity contribution is 5.96. The number of esters is 1. The van der Waals surface area contributed by atoms with Gasteiger partial charge < -0.3 is 9.57 Å². The van der Waals surface area contributed by atoms with Gasteiger partial charge in [-0.15, -0.1) is 0 Å². The zero-order valence-electron chi connectivity index (χ0n) is 16.7. The van der Waals surface area contributed by atoms with Crippen LogP contribution in [-0.4, -0.2) is 25.9 Å². The monoisotopic (exact) mass is 359 g/mol. The molecule has 4 aliphatic carbocycles. The second kappa shape index (κ2) is 6.38. The Hall–Kier alpha value is -1.32. The predicted molar refractivity (Wildman–Crippen MR) is 102 cm³/mol. The zero-order chi connectivity index (χ0) is 18.5. The maximum Gasteiger partial charge on any atom is 0.309 e. The van der Waals surface area contributed by atoms with Crippen molar-refractivity contribution in [3.63, 3.8) is 0 Å². The molecule has 0 aromatic rings. The lowest BCUT2D eigenvalue weighted by atomic mass is 9.47. The molecule has 4 aliphatic rings. The molecule has 0 aliphatic heterocycles. The second-order valence-electron chi connectivity index (χ2n) is 9.47. The average molecular weight is 360 g/mol. The largest absolute Gasteiger partial charge is 0.469 e. The highest BCUT2D eigenvalue weighted by Gasteiger charge is 2.60. The molecule has 4 nitrogen and oxygen atoms in total. The van der Waals surface area contributed by atoms with Crippen LogP contribution in [0.5, 0.6) is 0 Å². The third-order valence-electron chi connectivity index (χ3n) is 8.67. The van der Waals surface area contributed by atoms with Gasteiger partial charge in [-0.3, -0.25) is 4.79 Å². The quantitative estimate of drug-likeness (QED) is 0.528. The van der Waals surface area contributed by atoms with Crippen LogP contribution in [0.1, 0.15) is 65.2 Å². The standard InChI is InChI=1S/C22H33NO3/c1-21-11-9-15(23-26-4)13-14(21)5-6-16-17-7-8-19(20(24)25-3)22(17,2)12-10-18(16)21/h13,16-19H,5-12H2,1-4H3/t16?,17?,18?,19-,21+,22+/m1/s1. The fourth-order valence-corrected chi connectivity index (χ4v) is 7.29. The Morgan fingerprint density at radius 3 is 2.62 bits per heavy atom. The summed E-state index contributed by atoms with van der Waals surface area (Å²) in [6.45, 7) is 4.87. The van der Waals surface area contributed by atoms with E-state index in [0.717, 1.165) is 30.4 Å². The van der Waals surface area contributed by atoms with Crippen LogP contribution in [-0.2, 0) is 14.4 Å². The third kappa shape index (κ3) is 2.47. The van der Waals surface area contributed by atoms with Gasteiger partial charge in [0.2, 0.25) is 0 Å². The molecule has 144 valence electrons. The van der Waals surface area contributed by atoms with Gasteiger partial charge in [-0.25, -0.2) is 0 Å². The van der Waals surface area contributed by atoms with Crippen molar-refractivity contribution in [1.29, 1.82) is 0 Å². The minimum absolute atomic E-state index is 0.0224. The van der Waals surface area contributed by atoms with Crippen LogP contribution in [0.2, 0.25) is 0 Å². The smallest absolute Gasteiger partial charge is 0.309 e. The average Bonchev–Trinajstić information content (AvgIpc) is 2.99. The molecule has 0 N–H and O–H groups in total. The van der Waals surface area contributed by atoms with Gasteiger partial charge in [-0.05, 0) is 86.0 Å². The lowest BCUT2D eigenvalue weighted by molar-refractivity contribution is -0.152. The van der Waals surface area contributed by atoms with Crippen molar-refractivity contribution >= 4 is 11.7 Å². The zero-order valence-corrected chi connectivity index (χ0v) is 16.7. The number of methoxy groups -OCH3 is 1. The fourth-order valence-electron chi connectivity index (χ4n) is 7.29. The number of hydrogen-bond acceptors (Lipinski definition) is 4. The number of carbonyl (C=O) groups is 1. The summed E-state index contributed by atoms with van der Waals surface area (Å²) in [6.07, 6.45) is 11.6. The van der Waals surface area contributed by atoms with Crippen LogP contribution in [0, 0.1) is 34.5 Å². The molecule has 3 fully saturated rings. The first-order valence-electron chi connectivity index (χ1n) is 10.3. The van der Waals surface area contributed by atoms with Crippen LogP contribution < -0.4 is 0 Å². The maximum absolute atomic E-state index is 12.4. The number of fused-ring (bicyclic) bond motifs is 5. The van der Waals surface area contributed by atoms with Crippen molar-refractivity contribution in [2.75, 3.05) is 14.2 Å². The van der Waals surface area contributed by atoms with Gasteiger partial charge >= 0.3 is 5.97 Å². The normalized spacial score (nSPS) is 46.0. The summed E-state index contributed by atoms with van der Waals surface area (Å²) in [5, 5.41) is 4.20. The fraction of sp³-hybridized carbons (Fsp3) is 0.818. The van der Waals surface area contributed by atoms with E-state index in [1.807, 2.05) is 0 Å². The molecular formula is C22H33NO3. The molecule has 0 amide bonds. The van der Waals surface area contributed by atoms with Gasteiger partial charge in [-0.2, -0.15) is 0 Å². The lowest BCUT2D eigenvalue weighted by Crippen LogP contribution is -2.51. The molecule has 3 saturated carbocycles. The first kappa shape index (κ1) is 18.1. The van der Waals surface area contributed by atoms with E-state index in [1.54, 1.807) is 19.8 Å². The summed E-state index contributed by atoms with van der Waals surface area (Å²) in [6, 6.07) is 0. The van der Waals surface area contributed by atoms with Crippen LogP contribution in [0.15, 0.2) is 16.8 Å². The predicted octanol–water partition coefficient (Wildman–Crippen LogP) is 4.74. The molecule has 0 bridgehead atoms. The van der Waals surface area contributed by atoms with Gasteiger partial charge in [-0.1, -0.05) is 24.6 Å². The van der Waals surface area contributed by atoms with Crippen molar-refractivity contribution in [3.05, 3.63) is 11.6 Å². The molecule has 0 aromatic heterocycles. The van der Waals surface area contributed by atoms with Gasteiger partial charge in [0.15, 0.2) is 0 Å². The molecular weight excluding hydrogens is 326 g/mol. The Morgan fingerprint density at radius 1 is 1.08 bits per heavy atom. The van der Waals surface area contributed by atoms with Crippen molar-refractivity contribution in [2.24, 2.45) is 39.7 Å². The second-order valence-corrected chi connectivity index (χ2v) is 9.47. The van der Waals surface area contributed by atoms with Crippen LogP contribution >= 0.6 is 0 Å². The third-order valence-corrected chi connectivity index (χ3v) is 8.67. The van der Waals surface area contributed by atoms with Crippen molar-refractivity contribution in [3.8, 4) is 0 Å². The van der Waals surface area contributed by atoms with E-state index in [4.69, 9.17) is 9.57 Å². The Morgan fingerprint density at radius 2 is 1.88 bits per heavy atom. The van der Waals surface area contributed by atoms with E-state index in [0.29, 0.717) is 11.3 Å². The van der Waals surface area contributed by atoms with Gasteiger partial charge in [0, 0.05) is 0 Å². The Labute approximate surface area is 157 Å². The van der Waals surface area contributed by atoms with Gasteiger partial charge in [0.05, 0.1) is 18.7 Å². The van der Waals surface area contributed by atoms with Crippen LogP contribution in [0.4, 0.5) is 0 Å². The molecule has 0 spiro atoms. The molecule has 26 heavy (non-hydrogen) atoms. The first-order chi connectivity index (χ1) is 12.4. The highest BCUT2D eigenvalue weighted by atomic mass is 16.6. The van der Waals surface area contributed by atoms with Crippen molar-refractivity contribution in [2.45, 2.75) is 65.2 Å². The van der Waals surface area contributed by atoms with E-state index in [2.05, 4.69) is 25.1 Å². The summed E-state index contributed by atoms with van der Waals surface area (Å²) in [5.41, 5.74) is 3.14. The molecule has 0 heterocycles. The maximum atomic E-state index is 12.4. The Kier molecular flexibility index (Phi) is 4.44. The summed E-state index contributed by atoms with van der Waals surface area (Å²) >= 11 is 0. The highest BCUT2D eigenvalue weighted by Crippen LogP contribution is 2.66. The molecule has 0 radical (unpaired) electrons. The summed E-state index contributed by atoms with van der Waals surface area (Å²) < 4.78 is 5.15. The first-order valence-corrected chi connectivity index (χ1v) is 10.3. The minimum Gasteiger partial charge on any atom is -0.469 e. The topological polar surface area (TPSA) is 47.9 Å². The number of ether oxygens (including phenoxy) is 1. The van der Waals surface area contributed by atoms with Gasteiger partial charge in [0.1, 0.15) is 7.11 Å². The molecule has 4 heteroatoms. The van der Waals surface area contributed by atoms with Crippen LogP contribution in [0.3, 0.4) is 0 Å².